The van der Waals surface area contributed by atoms with Crippen LogP contribution in [0.5, 0.6) is 0 Å². The van der Waals surface area contributed by atoms with Gasteiger partial charge < -0.3 is 5.73 Å². The predicted molar refractivity (Wildman–Crippen MR) is 68.1 cm³/mol. The van der Waals surface area contributed by atoms with E-state index in [0.717, 1.165) is 5.56 Å². The van der Waals surface area contributed by atoms with Crippen molar-refractivity contribution in [2.75, 3.05) is 0 Å². The molecular weight excluding hydrogens is 305 g/mol. The topological polar surface area (TPSA) is 51.8 Å². The molecule has 2 N–H and O–H groups in total. The summed E-state index contributed by atoms with van der Waals surface area (Å²) in [5, 5.41) is 0.652. The molecule has 6 heteroatoms. The van der Waals surface area contributed by atoms with Crippen LogP contribution in [0.3, 0.4) is 0 Å². The molecule has 0 amide bonds. The molecule has 0 aliphatic heterocycles. The highest BCUT2D eigenvalue weighted by Crippen LogP contribution is 2.33. The molecule has 0 aliphatic carbocycles. The lowest BCUT2D eigenvalue weighted by atomic mass is 10.2. The van der Waals surface area contributed by atoms with Crippen LogP contribution < -0.4 is 5.73 Å². The fourth-order valence-corrected chi connectivity index (χ4v) is 2.68. The van der Waals surface area contributed by atoms with Gasteiger partial charge in [-0.05, 0) is 27.6 Å². The average Bonchev–Trinajstić information content (AvgIpc) is 2.37. The second-order valence-corrected chi connectivity index (χ2v) is 5.06. The highest BCUT2D eigenvalue weighted by Gasteiger charge is 2.11. The Morgan fingerprint density at radius 1 is 1.35 bits per heavy atom. The quantitative estimate of drug-likeness (QED) is 0.946. The van der Waals surface area contributed by atoms with Crippen LogP contribution in [-0.2, 0) is 6.54 Å². The molecule has 0 spiro atoms. The Balaban J connectivity index is 2.32. The van der Waals surface area contributed by atoms with Gasteiger partial charge in [0.15, 0.2) is 5.82 Å². The fraction of sp³-hybridized carbons (Fsp3) is 0.0909. The van der Waals surface area contributed by atoms with Crippen LogP contribution in [0.4, 0.5) is 4.39 Å². The fourth-order valence-electron chi connectivity index (χ4n) is 1.26. The molecular formula is C11H9BrFN3S. The summed E-state index contributed by atoms with van der Waals surface area (Å²) < 4.78 is 14.4. The number of hydrogen-bond acceptors (Lipinski definition) is 4. The molecule has 17 heavy (non-hydrogen) atoms. The van der Waals surface area contributed by atoms with E-state index >= 15 is 0 Å². The molecule has 0 saturated heterocycles. The van der Waals surface area contributed by atoms with Gasteiger partial charge in [-0.2, -0.15) is 0 Å². The molecule has 2 rings (SSSR count). The molecule has 0 bridgehead atoms. The standard InChI is InChI=1S/C11H9BrFN3S/c12-10-7(5-14)1-2-8(11(10)13)17-9-6-15-3-4-16-9/h1-4,6H,5,14H2. The van der Waals surface area contributed by atoms with E-state index in [9.17, 15) is 4.39 Å². The van der Waals surface area contributed by atoms with Crippen LogP contribution >= 0.6 is 27.7 Å². The Bertz CT molecular complexity index is 522. The number of nitrogens with zero attached hydrogens (tertiary/aromatic N) is 2. The highest BCUT2D eigenvalue weighted by molar-refractivity contribution is 9.10. The zero-order valence-electron chi connectivity index (χ0n) is 8.73. The van der Waals surface area contributed by atoms with Crippen LogP contribution in [0.2, 0.25) is 0 Å². The minimum absolute atomic E-state index is 0.299. The van der Waals surface area contributed by atoms with E-state index in [4.69, 9.17) is 5.73 Å². The molecule has 0 atom stereocenters. The molecule has 3 nitrogen and oxygen atoms in total. The van der Waals surface area contributed by atoms with Crippen molar-refractivity contribution in [3.8, 4) is 0 Å². The lowest BCUT2D eigenvalue weighted by Crippen LogP contribution is -1.99. The third-order valence-electron chi connectivity index (χ3n) is 2.10. The van der Waals surface area contributed by atoms with Crippen molar-refractivity contribution in [3.63, 3.8) is 0 Å². The summed E-state index contributed by atoms with van der Waals surface area (Å²) in [5.41, 5.74) is 6.24. The molecule has 0 saturated carbocycles. The lowest BCUT2D eigenvalue weighted by molar-refractivity contribution is 0.592. The van der Waals surface area contributed by atoms with Gasteiger partial charge in [-0.3, -0.25) is 4.98 Å². The van der Waals surface area contributed by atoms with Crippen molar-refractivity contribution in [1.29, 1.82) is 0 Å². The van der Waals surface area contributed by atoms with E-state index in [1.165, 1.54) is 11.8 Å². The van der Waals surface area contributed by atoms with E-state index in [1.54, 1.807) is 30.7 Å². The zero-order valence-corrected chi connectivity index (χ0v) is 11.1. The van der Waals surface area contributed by atoms with Crippen LogP contribution in [0, 0.1) is 5.82 Å². The van der Waals surface area contributed by atoms with Gasteiger partial charge in [-0.1, -0.05) is 17.8 Å². The van der Waals surface area contributed by atoms with E-state index in [2.05, 4.69) is 25.9 Å². The second kappa shape index (κ2) is 5.57. The summed E-state index contributed by atoms with van der Waals surface area (Å²) in [6, 6.07) is 3.49. The molecule has 1 aromatic heterocycles. The maximum atomic E-state index is 14.0. The molecule has 1 heterocycles. The largest absolute Gasteiger partial charge is 0.326 e. The van der Waals surface area contributed by atoms with E-state index in [-0.39, 0.29) is 5.82 Å². The Kier molecular flexibility index (Phi) is 4.09. The monoisotopic (exact) mass is 313 g/mol. The van der Waals surface area contributed by atoms with Crippen LogP contribution in [0.25, 0.3) is 0 Å². The minimum atomic E-state index is -0.316. The number of benzene rings is 1. The maximum Gasteiger partial charge on any atom is 0.151 e. The van der Waals surface area contributed by atoms with E-state index in [1.807, 2.05) is 0 Å². The lowest BCUT2D eigenvalue weighted by Gasteiger charge is -2.07. The van der Waals surface area contributed by atoms with Crippen molar-refractivity contribution in [2.24, 2.45) is 5.73 Å². The minimum Gasteiger partial charge on any atom is -0.326 e. The van der Waals surface area contributed by atoms with Gasteiger partial charge in [-0.25, -0.2) is 9.37 Å². The van der Waals surface area contributed by atoms with Gasteiger partial charge in [0.1, 0.15) is 5.03 Å². The zero-order chi connectivity index (χ0) is 12.3. The third-order valence-corrected chi connectivity index (χ3v) is 3.91. The normalized spacial score (nSPS) is 10.5. The van der Waals surface area contributed by atoms with Gasteiger partial charge >= 0.3 is 0 Å². The first-order valence-electron chi connectivity index (χ1n) is 4.83. The van der Waals surface area contributed by atoms with Crippen molar-refractivity contribution < 1.29 is 4.39 Å². The number of hydrogen-bond donors (Lipinski definition) is 1. The second-order valence-electron chi connectivity index (χ2n) is 3.20. The van der Waals surface area contributed by atoms with Gasteiger partial charge in [0.25, 0.3) is 0 Å². The molecule has 88 valence electrons. The van der Waals surface area contributed by atoms with Crippen molar-refractivity contribution in [3.05, 3.63) is 46.6 Å². The van der Waals surface area contributed by atoms with Crippen molar-refractivity contribution in [1.82, 2.24) is 9.97 Å². The molecule has 0 unspecified atom stereocenters. The third kappa shape index (κ3) is 2.83. The molecule has 1 aromatic carbocycles. The first kappa shape index (κ1) is 12.5. The summed E-state index contributed by atoms with van der Waals surface area (Å²) >= 11 is 4.43. The summed E-state index contributed by atoms with van der Waals surface area (Å²) in [7, 11) is 0. The van der Waals surface area contributed by atoms with Gasteiger partial charge in [0, 0.05) is 18.9 Å². The Morgan fingerprint density at radius 3 is 2.82 bits per heavy atom. The van der Waals surface area contributed by atoms with Gasteiger partial charge in [0.05, 0.1) is 15.6 Å². The molecule has 0 fully saturated rings. The number of rotatable bonds is 3. The smallest absolute Gasteiger partial charge is 0.151 e. The SMILES string of the molecule is NCc1ccc(Sc2cnccn2)c(F)c1Br. The molecule has 2 aromatic rings. The van der Waals surface area contributed by atoms with Gasteiger partial charge in [-0.15, -0.1) is 0 Å². The van der Waals surface area contributed by atoms with Crippen LogP contribution in [0.1, 0.15) is 5.56 Å². The van der Waals surface area contributed by atoms with Crippen LogP contribution in [0.15, 0.2) is 45.1 Å². The van der Waals surface area contributed by atoms with Crippen molar-refractivity contribution >= 4 is 27.7 Å². The predicted octanol–water partition coefficient (Wildman–Crippen LogP) is 2.99. The van der Waals surface area contributed by atoms with E-state index in [0.29, 0.717) is 20.9 Å². The first-order valence-corrected chi connectivity index (χ1v) is 6.44. The number of halogens is 2. The Hall–Kier alpha value is -0.980. The maximum absolute atomic E-state index is 14.0. The summed E-state index contributed by atoms with van der Waals surface area (Å²) in [5.74, 6) is -0.316. The number of nitrogens with two attached hydrogens (primary N) is 1. The molecule has 0 radical (unpaired) electrons. The summed E-state index contributed by atoms with van der Waals surface area (Å²) in [6.45, 7) is 0.299. The summed E-state index contributed by atoms with van der Waals surface area (Å²) in [6.07, 6.45) is 4.74. The van der Waals surface area contributed by atoms with E-state index < -0.39 is 0 Å². The Morgan fingerprint density at radius 2 is 2.18 bits per heavy atom. The summed E-state index contributed by atoms with van der Waals surface area (Å²) in [4.78, 5) is 8.51. The number of aromatic nitrogens is 2. The highest BCUT2D eigenvalue weighted by atomic mass is 79.9. The van der Waals surface area contributed by atoms with Crippen molar-refractivity contribution in [2.45, 2.75) is 16.5 Å². The average molecular weight is 314 g/mol. The first-order chi connectivity index (χ1) is 8.22. The van der Waals surface area contributed by atoms with Crippen LogP contribution in [-0.4, -0.2) is 9.97 Å². The Labute approximate surface area is 111 Å². The molecule has 0 aliphatic rings. The van der Waals surface area contributed by atoms with Gasteiger partial charge in [0.2, 0.25) is 0 Å².